The van der Waals surface area contributed by atoms with Crippen LogP contribution in [0.25, 0.3) is 0 Å². The zero-order chi connectivity index (χ0) is 3.58. The molecule has 0 aliphatic heterocycles. The average Bonchev–Trinajstić information content (AvgIpc) is 0.811. The number of hydrogen-bond donors (Lipinski definition) is 1. The van der Waals surface area contributed by atoms with Crippen molar-refractivity contribution in [3.63, 3.8) is 0 Å². The van der Waals surface area contributed by atoms with E-state index in [0.29, 0.717) is 0 Å². The van der Waals surface area contributed by atoms with E-state index in [2.05, 4.69) is 0 Å². The number of halogens is 6. The first-order valence-electron chi connectivity index (χ1n) is 0.565. The van der Waals surface area contributed by atoms with Crippen molar-refractivity contribution in [3.05, 3.63) is 0 Å². The van der Waals surface area contributed by atoms with Crippen molar-refractivity contribution in [2.75, 3.05) is 0 Å². The molecule has 0 aromatic rings. The van der Waals surface area contributed by atoms with Crippen LogP contribution in [-0.2, 0) is 22.7 Å². The number of rotatable bonds is 0. The summed E-state index contributed by atoms with van der Waals surface area (Å²) in [7, 11) is 0. The van der Waals surface area contributed by atoms with Crippen LogP contribution < -0.4 is 18.9 Å². The van der Waals surface area contributed by atoms with Gasteiger partial charge in [-0.1, -0.05) is 0 Å². The summed E-state index contributed by atoms with van der Waals surface area (Å²) >= 11 is -3.69. The first-order chi connectivity index (χ1) is 1.73. The van der Waals surface area contributed by atoms with Crippen molar-refractivity contribution in [1.82, 2.24) is 0 Å². The van der Waals surface area contributed by atoms with Crippen LogP contribution in [0.1, 0.15) is 1.43 Å². The fraction of sp³-hybridized carbons (Fsp3) is 0. The molecule has 0 rings (SSSR count). The van der Waals surface area contributed by atoms with Gasteiger partial charge >= 0.3 is 45.6 Å². The van der Waals surface area contributed by atoms with Gasteiger partial charge in [0.25, 0.3) is 0 Å². The molecule has 0 aromatic heterocycles. The minimum absolute atomic E-state index is 0. The Labute approximate surface area is 75.8 Å². The van der Waals surface area contributed by atoms with Crippen molar-refractivity contribution in [3.8, 4) is 0 Å². The summed E-state index contributed by atoms with van der Waals surface area (Å²) in [4.78, 5) is 0. The summed E-state index contributed by atoms with van der Waals surface area (Å²) < 4.78 is 24.4. The van der Waals surface area contributed by atoms with Crippen molar-refractivity contribution in [1.29, 1.82) is 0 Å². The van der Waals surface area contributed by atoms with Gasteiger partial charge in [0.2, 0.25) is 0 Å². The molecule has 3 nitrogen and oxygen atoms in total. The maximum atomic E-state index is 8.67. The molecule has 0 bridgehead atoms. The second kappa shape index (κ2) is 81.3. The van der Waals surface area contributed by atoms with Crippen molar-refractivity contribution in [2.24, 2.45) is 0 Å². The van der Waals surface area contributed by atoms with Crippen LogP contribution in [0, 0.1) is 0 Å². The summed E-state index contributed by atoms with van der Waals surface area (Å²) in [6, 6.07) is 0. The van der Waals surface area contributed by atoms with Crippen LogP contribution in [0.5, 0.6) is 0 Å². The van der Waals surface area contributed by atoms with Crippen LogP contribution in [0.3, 0.4) is 0 Å². The maximum absolute atomic E-state index is 8.67. The Kier molecular flexibility index (Phi) is 808. The van der Waals surface area contributed by atoms with E-state index in [-0.39, 0.29) is 48.5 Å². The minimum atomic E-state index is -3.69. The topological polar surface area (TPSA) is 54.4 Å². The third-order valence-corrected chi connectivity index (χ3v) is 0. The van der Waals surface area contributed by atoms with Crippen LogP contribution in [0.2, 0.25) is 0 Å². The standard InChI is InChI=1S/6FH.Li.H2O.2O.V.H/h6*1H;;1H2;;;;/q;;;;;;+1;;;;+1;-1/p-1. The molecule has 0 fully saturated rings. The Morgan fingerprint density at radius 1 is 0.818 bits per heavy atom. The molecular weight excluding hydrogens is 220 g/mol. The van der Waals surface area contributed by atoms with Crippen molar-refractivity contribution in [2.45, 2.75) is 0 Å². The van der Waals surface area contributed by atoms with Gasteiger partial charge in [0, 0.05) is 0 Å². The van der Waals surface area contributed by atoms with E-state index in [1.54, 1.807) is 0 Å². The van der Waals surface area contributed by atoms with E-state index in [0.717, 1.165) is 0 Å². The molecule has 0 atom stereocenters. The third kappa shape index (κ3) is 6900. The second-order valence-electron chi connectivity index (χ2n) is 0.238. The van der Waals surface area contributed by atoms with Gasteiger partial charge in [-0.05, 0) is 0 Å². The van der Waals surface area contributed by atoms with Gasteiger partial charge in [-0.3, -0.25) is 28.2 Å². The van der Waals surface area contributed by atoms with Crippen molar-refractivity contribution < 1.29 is 75.3 Å². The van der Waals surface area contributed by atoms with Gasteiger partial charge in [-0.2, -0.15) is 0 Å². The van der Waals surface area contributed by atoms with Gasteiger partial charge < -0.3 is 1.43 Å². The van der Waals surface area contributed by atoms with Gasteiger partial charge in [-0.25, -0.2) is 0 Å². The molecule has 0 amide bonds. The normalized spacial score (nSPS) is 2.27. The van der Waals surface area contributed by atoms with E-state index in [1.165, 1.54) is 0 Å². The predicted octanol–water partition coefficient (Wildman–Crippen LogP) is -2.77. The van der Waals surface area contributed by atoms with Crippen LogP contribution >= 0.6 is 0 Å². The van der Waals surface area contributed by atoms with Crippen molar-refractivity contribution >= 4 is 0 Å². The van der Waals surface area contributed by atoms with E-state index < -0.39 is 15.4 Å². The molecule has 11 heavy (non-hydrogen) atoms. The fourth-order valence-corrected chi connectivity index (χ4v) is 0. The first-order valence-corrected chi connectivity index (χ1v) is 2.33. The Hall–Kier alpha value is 0.322. The Morgan fingerprint density at radius 3 is 0.818 bits per heavy atom. The Bertz CT molecular complexity index is 71.2. The van der Waals surface area contributed by atoms with Gasteiger partial charge in [0.1, 0.15) is 0 Å². The van der Waals surface area contributed by atoms with Crippen LogP contribution in [0.15, 0.2) is 0 Å². The summed E-state index contributed by atoms with van der Waals surface area (Å²) in [5.41, 5.74) is 0. The second-order valence-corrected chi connectivity index (χ2v) is 0.981. The van der Waals surface area contributed by atoms with Crippen LogP contribution in [0.4, 0.5) is 28.2 Å². The first kappa shape index (κ1) is 109. The Morgan fingerprint density at radius 2 is 0.818 bits per heavy atom. The zero-order valence-electron chi connectivity index (χ0n) is 6.16. The van der Waals surface area contributed by atoms with E-state index in [4.69, 9.17) is 11.4 Å². The molecule has 0 saturated carbocycles. The van der Waals surface area contributed by atoms with E-state index in [9.17, 15) is 0 Å². The molecule has 1 N–H and O–H groups in total. The predicted molar refractivity (Wildman–Crippen MR) is 19.7 cm³/mol. The van der Waals surface area contributed by atoms with E-state index >= 15 is 0 Å². The average molecular weight is 228 g/mol. The van der Waals surface area contributed by atoms with E-state index in [1.807, 2.05) is 0 Å². The molecule has 0 unspecified atom stereocenters. The molecule has 0 heterocycles. The Balaban J connectivity index is -0.00000000161. The molecule has 0 spiro atoms. The molecule has 0 saturated heterocycles. The van der Waals surface area contributed by atoms with Gasteiger partial charge in [-0.15, -0.1) is 0 Å². The fourth-order valence-electron chi connectivity index (χ4n) is 0. The zero-order valence-corrected chi connectivity index (χ0v) is 6.56. The molecule has 0 radical (unpaired) electrons. The molecule has 74 valence electrons. The quantitative estimate of drug-likeness (QED) is 0.361. The van der Waals surface area contributed by atoms with Gasteiger partial charge in [0.05, 0.1) is 0 Å². The molecule has 0 aromatic carbocycles. The molecule has 11 heteroatoms. The summed E-state index contributed by atoms with van der Waals surface area (Å²) in [5.74, 6) is 0. The summed E-state index contributed by atoms with van der Waals surface area (Å²) in [6.45, 7) is 0. The molecule has 0 aliphatic rings. The third-order valence-electron chi connectivity index (χ3n) is 0. The monoisotopic (exact) mass is 228 g/mol. The summed E-state index contributed by atoms with van der Waals surface area (Å²) in [6.07, 6.45) is 0. The number of hydrogen-bond acceptors (Lipinski definition) is 2. The van der Waals surface area contributed by atoms with Crippen LogP contribution in [-0.4, -0.2) is 4.03 Å². The van der Waals surface area contributed by atoms with Gasteiger partial charge in [0.15, 0.2) is 0 Å². The molecule has 0 aliphatic carbocycles. The SMILES string of the molecule is F.F.F.F.F.F.[H-].[Li+].[O]=[V](=[O])[OH]. The molecular formula is H8F6LiO3V. The summed E-state index contributed by atoms with van der Waals surface area (Å²) in [5, 5.41) is 0.